The SMILES string of the molecule is CCC(=O)/C=C/C=C/C1CC=CC(=O)O1. The predicted octanol–water partition coefficient (Wildman–Crippen LogP) is 1.95. The Kier molecular flexibility index (Phi) is 4.54. The normalized spacial score (nSPS) is 21.1. The highest BCUT2D eigenvalue weighted by atomic mass is 16.5. The molecular weight excluding hydrogens is 192 g/mol. The van der Waals surface area contributed by atoms with Crippen molar-refractivity contribution in [2.45, 2.75) is 25.9 Å². The first-order chi connectivity index (χ1) is 7.22. The summed E-state index contributed by atoms with van der Waals surface area (Å²) < 4.78 is 4.99. The molecular formula is C12H14O3. The first-order valence-electron chi connectivity index (χ1n) is 4.97. The van der Waals surface area contributed by atoms with Crippen LogP contribution in [0, 0.1) is 0 Å². The van der Waals surface area contributed by atoms with Crippen LogP contribution in [-0.2, 0) is 14.3 Å². The number of ether oxygens (including phenoxy) is 1. The van der Waals surface area contributed by atoms with E-state index in [2.05, 4.69) is 0 Å². The van der Waals surface area contributed by atoms with Crippen LogP contribution in [0.3, 0.4) is 0 Å². The van der Waals surface area contributed by atoms with Crippen molar-refractivity contribution in [1.82, 2.24) is 0 Å². The van der Waals surface area contributed by atoms with E-state index in [1.54, 1.807) is 24.3 Å². The van der Waals surface area contributed by atoms with Gasteiger partial charge in [0.2, 0.25) is 0 Å². The molecule has 0 fully saturated rings. The van der Waals surface area contributed by atoms with Crippen molar-refractivity contribution >= 4 is 11.8 Å². The van der Waals surface area contributed by atoms with Gasteiger partial charge in [0, 0.05) is 18.9 Å². The number of ketones is 1. The van der Waals surface area contributed by atoms with Crippen molar-refractivity contribution in [3.63, 3.8) is 0 Å². The molecule has 0 amide bonds. The molecule has 1 aliphatic rings. The third-order valence-corrected chi connectivity index (χ3v) is 1.96. The molecule has 1 aliphatic heterocycles. The van der Waals surface area contributed by atoms with Gasteiger partial charge in [0.05, 0.1) is 0 Å². The molecule has 0 saturated carbocycles. The van der Waals surface area contributed by atoms with E-state index in [1.165, 1.54) is 12.2 Å². The van der Waals surface area contributed by atoms with Crippen LogP contribution >= 0.6 is 0 Å². The van der Waals surface area contributed by atoms with Crippen LogP contribution in [0.4, 0.5) is 0 Å². The van der Waals surface area contributed by atoms with Gasteiger partial charge in [-0.25, -0.2) is 4.79 Å². The lowest BCUT2D eigenvalue weighted by Crippen LogP contribution is -2.17. The third-order valence-electron chi connectivity index (χ3n) is 1.96. The fraction of sp³-hybridized carbons (Fsp3) is 0.333. The fourth-order valence-electron chi connectivity index (χ4n) is 1.12. The Hall–Kier alpha value is -1.64. The zero-order valence-electron chi connectivity index (χ0n) is 8.68. The van der Waals surface area contributed by atoms with Crippen LogP contribution in [0.25, 0.3) is 0 Å². The topological polar surface area (TPSA) is 43.4 Å². The first-order valence-corrected chi connectivity index (χ1v) is 4.97. The Morgan fingerprint density at radius 3 is 3.07 bits per heavy atom. The monoisotopic (exact) mass is 206 g/mol. The average molecular weight is 206 g/mol. The molecule has 0 aromatic heterocycles. The van der Waals surface area contributed by atoms with Crippen molar-refractivity contribution < 1.29 is 14.3 Å². The van der Waals surface area contributed by atoms with E-state index in [9.17, 15) is 9.59 Å². The molecule has 0 aliphatic carbocycles. The van der Waals surface area contributed by atoms with Gasteiger partial charge in [-0.2, -0.15) is 0 Å². The predicted molar refractivity (Wildman–Crippen MR) is 57.2 cm³/mol. The van der Waals surface area contributed by atoms with Gasteiger partial charge in [-0.15, -0.1) is 0 Å². The fourth-order valence-corrected chi connectivity index (χ4v) is 1.12. The number of hydrogen-bond donors (Lipinski definition) is 0. The minimum absolute atomic E-state index is 0.0835. The number of esters is 1. The van der Waals surface area contributed by atoms with E-state index in [0.29, 0.717) is 12.8 Å². The van der Waals surface area contributed by atoms with Gasteiger partial charge in [-0.3, -0.25) is 4.79 Å². The zero-order chi connectivity index (χ0) is 11.1. The highest BCUT2D eigenvalue weighted by molar-refractivity contribution is 5.89. The molecule has 0 aromatic rings. The van der Waals surface area contributed by atoms with Crippen LogP contribution in [0.15, 0.2) is 36.5 Å². The molecule has 0 spiro atoms. The van der Waals surface area contributed by atoms with Gasteiger partial charge < -0.3 is 4.74 Å². The van der Waals surface area contributed by atoms with E-state index in [0.717, 1.165) is 0 Å². The average Bonchev–Trinajstić information content (AvgIpc) is 2.24. The molecule has 0 saturated heterocycles. The lowest BCUT2D eigenvalue weighted by molar-refractivity contribution is -0.141. The quantitative estimate of drug-likeness (QED) is 0.401. The molecule has 3 heteroatoms. The smallest absolute Gasteiger partial charge is 0.331 e. The Balaban J connectivity index is 2.38. The maximum Gasteiger partial charge on any atom is 0.331 e. The Morgan fingerprint density at radius 1 is 1.60 bits per heavy atom. The molecule has 0 bridgehead atoms. The van der Waals surface area contributed by atoms with Crippen molar-refractivity contribution in [2.75, 3.05) is 0 Å². The maximum atomic E-state index is 10.9. The molecule has 1 heterocycles. The van der Waals surface area contributed by atoms with Crippen LogP contribution in [-0.4, -0.2) is 17.9 Å². The molecule has 1 rings (SSSR count). The molecule has 0 aromatic carbocycles. The van der Waals surface area contributed by atoms with E-state index in [-0.39, 0.29) is 17.9 Å². The summed E-state index contributed by atoms with van der Waals surface area (Å²) >= 11 is 0. The number of carbonyl (C=O) groups is 2. The summed E-state index contributed by atoms with van der Waals surface area (Å²) in [6, 6.07) is 0. The molecule has 0 radical (unpaired) electrons. The Morgan fingerprint density at radius 2 is 2.40 bits per heavy atom. The second-order valence-electron chi connectivity index (χ2n) is 3.18. The summed E-state index contributed by atoms with van der Waals surface area (Å²) in [5, 5.41) is 0. The molecule has 0 N–H and O–H groups in total. The van der Waals surface area contributed by atoms with Crippen molar-refractivity contribution in [2.24, 2.45) is 0 Å². The van der Waals surface area contributed by atoms with E-state index >= 15 is 0 Å². The van der Waals surface area contributed by atoms with Gasteiger partial charge in [-0.05, 0) is 12.2 Å². The molecule has 80 valence electrons. The first kappa shape index (κ1) is 11.4. The van der Waals surface area contributed by atoms with Gasteiger partial charge in [-0.1, -0.05) is 25.2 Å². The lowest BCUT2D eigenvalue weighted by Gasteiger charge is -2.13. The third kappa shape index (κ3) is 4.40. The van der Waals surface area contributed by atoms with Crippen molar-refractivity contribution in [1.29, 1.82) is 0 Å². The largest absolute Gasteiger partial charge is 0.455 e. The van der Waals surface area contributed by atoms with E-state index in [4.69, 9.17) is 4.74 Å². The minimum Gasteiger partial charge on any atom is -0.455 e. The van der Waals surface area contributed by atoms with Gasteiger partial charge in [0.1, 0.15) is 6.10 Å². The number of rotatable bonds is 4. The summed E-state index contributed by atoms with van der Waals surface area (Å²) in [4.78, 5) is 21.7. The summed E-state index contributed by atoms with van der Waals surface area (Å²) in [5.74, 6) is -0.232. The standard InChI is InChI=1S/C12H14O3/c1-2-10(13)6-3-4-7-11-8-5-9-12(14)15-11/h3-7,9,11H,2,8H2,1H3/b6-3+,7-4+. The van der Waals surface area contributed by atoms with Crippen LogP contribution in [0.1, 0.15) is 19.8 Å². The van der Waals surface area contributed by atoms with Crippen molar-refractivity contribution in [3.8, 4) is 0 Å². The lowest BCUT2D eigenvalue weighted by atomic mass is 10.2. The number of allylic oxidation sites excluding steroid dienone is 3. The molecule has 1 unspecified atom stereocenters. The van der Waals surface area contributed by atoms with E-state index < -0.39 is 0 Å². The Bertz CT molecular complexity index is 324. The second-order valence-corrected chi connectivity index (χ2v) is 3.18. The molecule has 3 nitrogen and oxygen atoms in total. The molecule has 1 atom stereocenters. The summed E-state index contributed by atoms with van der Waals surface area (Å²) in [6.07, 6.45) is 10.9. The van der Waals surface area contributed by atoms with E-state index in [1.807, 2.05) is 6.92 Å². The number of carbonyl (C=O) groups excluding carboxylic acids is 2. The minimum atomic E-state index is -0.315. The number of cyclic esters (lactones) is 1. The summed E-state index contributed by atoms with van der Waals surface area (Å²) in [7, 11) is 0. The van der Waals surface area contributed by atoms with Gasteiger partial charge in [0.25, 0.3) is 0 Å². The second kappa shape index (κ2) is 5.96. The number of hydrogen-bond acceptors (Lipinski definition) is 3. The summed E-state index contributed by atoms with van der Waals surface area (Å²) in [6.45, 7) is 1.81. The van der Waals surface area contributed by atoms with Gasteiger partial charge in [0.15, 0.2) is 5.78 Å². The zero-order valence-corrected chi connectivity index (χ0v) is 8.68. The molecule has 15 heavy (non-hydrogen) atoms. The highest BCUT2D eigenvalue weighted by Gasteiger charge is 2.11. The van der Waals surface area contributed by atoms with Crippen LogP contribution < -0.4 is 0 Å². The summed E-state index contributed by atoms with van der Waals surface area (Å²) in [5.41, 5.74) is 0. The Labute approximate surface area is 89.1 Å². The van der Waals surface area contributed by atoms with Gasteiger partial charge >= 0.3 is 5.97 Å². The highest BCUT2D eigenvalue weighted by Crippen LogP contribution is 2.08. The van der Waals surface area contributed by atoms with Crippen LogP contribution in [0.2, 0.25) is 0 Å². The van der Waals surface area contributed by atoms with Crippen LogP contribution in [0.5, 0.6) is 0 Å². The van der Waals surface area contributed by atoms with Crippen molar-refractivity contribution in [3.05, 3.63) is 36.5 Å². The maximum absolute atomic E-state index is 10.9.